The maximum absolute atomic E-state index is 13.3. The van der Waals surface area contributed by atoms with Gasteiger partial charge in [0.1, 0.15) is 5.82 Å². The highest BCUT2D eigenvalue weighted by atomic mass is 32.2. The minimum absolute atomic E-state index is 0.0994. The van der Waals surface area contributed by atoms with Gasteiger partial charge in [-0.3, -0.25) is 4.79 Å². The molecule has 1 aliphatic rings. The molecule has 2 nitrogen and oxygen atoms in total. The van der Waals surface area contributed by atoms with E-state index in [2.05, 4.69) is 0 Å². The van der Waals surface area contributed by atoms with Crippen LogP contribution >= 0.6 is 11.8 Å². The Morgan fingerprint density at radius 2 is 2.07 bits per heavy atom. The van der Waals surface area contributed by atoms with Crippen molar-refractivity contribution in [2.45, 2.75) is 0 Å². The average molecular weight is 209 g/mol. The smallest absolute Gasteiger partial charge is 0.176 e. The van der Waals surface area contributed by atoms with E-state index in [4.69, 9.17) is 5.73 Å². The van der Waals surface area contributed by atoms with E-state index in [9.17, 15) is 9.18 Å². The fraction of sp³-hybridized carbons (Fsp3) is 0.100. The first-order valence-corrected chi connectivity index (χ1v) is 5.09. The number of halogens is 1. The molecule has 0 fully saturated rings. The lowest BCUT2D eigenvalue weighted by molar-refractivity contribution is -0.111. The number of carbonyl (C=O) groups is 1. The molecule has 1 aromatic carbocycles. The molecule has 0 amide bonds. The molecule has 0 spiro atoms. The quantitative estimate of drug-likeness (QED) is 0.766. The zero-order valence-corrected chi connectivity index (χ0v) is 8.10. The van der Waals surface area contributed by atoms with Crippen molar-refractivity contribution in [3.63, 3.8) is 0 Å². The van der Waals surface area contributed by atoms with Gasteiger partial charge >= 0.3 is 0 Å². The van der Waals surface area contributed by atoms with Crippen molar-refractivity contribution >= 4 is 23.1 Å². The minimum Gasteiger partial charge on any atom is -0.393 e. The van der Waals surface area contributed by atoms with Crippen molar-refractivity contribution in [2.75, 3.05) is 5.75 Å². The van der Waals surface area contributed by atoms with E-state index in [0.717, 1.165) is 0 Å². The molecule has 0 saturated heterocycles. The summed E-state index contributed by atoms with van der Waals surface area (Å²) in [6.07, 6.45) is 0. The number of hydrogen-bond donors (Lipinski definition) is 1. The van der Waals surface area contributed by atoms with Gasteiger partial charge in [-0.25, -0.2) is 4.39 Å². The van der Waals surface area contributed by atoms with Crippen molar-refractivity contribution in [3.8, 4) is 0 Å². The molecule has 2 rings (SSSR count). The van der Waals surface area contributed by atoms with Crippen LogP contribution in [0.2, 0.25) is 0 Å². The Kier molecular flexibility index (Phi) is 2.29. The van der Waals surface area contributed by atoms with Crippen LogP contribution in [0.1, 0.15) is 5.56 Å². The highest BCUT2D eigenvalue weighted by molar-refractivity contribution is 8.04. The lowest BCUT2D eigenvalue weighted by atomic mass is 10.0. The van der Waals surface area contributed by atoms with Gasteiger partial charge in [-0.2, -0.15) is 0 Å². The Bertz CT molecular complexity index is 428. The summed E-state index contributed by atoms with van der Waals surface area (Å²) in [4.78, 5) is 11.4. The number of ketones is 1. The summed E-state index contributed by atoms with van der Waals surface area (Å²) < 4.78 is 13.3. The second kappa shape index (κ2) is 3.46. The number of benzene rings is 1. The number of rotatable bonds is 1. The van der Waals surface area contributed by atoms with E-state index < -0.39 is 5.82 Å². The van der Waals surface area contributed by atoms with Gasteiger partial charge in [-0.1, -0.05) is 18.2 Å². The van der Waals surface area contributed by atoms with Gasteiger partial charge in [0.25, 0.3) is 0 Å². The molecule has 0 aromatic heterocycles. The van der Waals surface area contributed by atoms with Gasteiger partial charge in [-0.05, 0) is 6.07 Å². The summed E-state index contributed by atoms with van der Waals surface area (Å²) >= 11 is 1.26. The first kappa shape index (κ1) is 9.27. The number of hydrogen-bond acceptors (Lipinski definition) is 3. The molecule has 0 unspecified atom stereocenters. The Labute approximate surface area is 85.0 Å². The molecule has 1 aliphatic heterocycles. The van der Waals surface area contributed by atoms with Crippen LogP contribution in [0.3, 0.4) is 0 Å². The van der Waals surface area contributed by atoms with Crippen LogP contribution in [0, 0.1) is 5.82 Å². The number of nitrogens with two attached hydrogens (primary N) is 1. The topological polar surface area (TPSA) is 43.1 Å². The number of carbonyl (C=O) groups excluding carboxylic acids is 1. The number of thioether (sulfide) groups is 1. The van der Waals surface area contributed by atoms with E-state index in [1.165, 1.54) is 17.8 Å². The van der Waals surface area contributed by atoms with Gasteiger partial charge in [0.15, 0.2) is 5.78 Å². The van der Waals surface area contributed by atoms with Crippen molar-refractivity contribution in [1.82, 2.24) is 0 Å². The molecular formula is C10H8FNOS. The van der Waals surface area contributed by atoms with Gasteiger partial charge in [0.05, 0.1) is 16.4 Å². The molecule has 14 heavy (non-hydrogen) atoms. The second-order valence-electron chi connectivity index (χ2n) is 2.93. The highest BCUT2D eigenvalue weighted by Gasteiger charge is 2.25. The van der Waals surface area contributed by atoms with E-state index in [1.807, 2.05) is 0 Å². The highest BCUT2D eigenvalue weighted by Crippen LogP contribution is 2.32. The standard InChI is InChI=1S/C10H8FNOS/c11-7-4-2-1-3-6(7)9-8(13)5-14-10(9)12/h1-4H,5,12H2. The number of Topliss-reactive ketones (excluding diaryl/α,β-unsaturated/α-hetero) is 1. The van der Waals surface area contributed by atoms with Crippen LogP contribution < -0.4 is 5.73 Å². The third-order valence-electron chi connectivity index (χ3n) is 2.03. The maximum atomic E-state index is 13.3. The summed E-state index contributed by atoms with van der Waals surface area (Å²) in [6, 6.07) is 6.17. The van der Waals surface area contributed by atoms with E-state index >= 15 is 0 Å². The normalized spacial score (nSPS) is 16.5. The maximum Gasteiger partial charge on any atom is 0.176 e. The zero-order chi connectivity index (χ0) is 10.1. The van der Waals surface area contributed by atoms with Crippen LogP contribution in [0.15, 0.2) is 29.3 Å². The molecule has 1 aromatic rings. The summed E-state index contributed by atoms with van der Waals surface area (Å²) in [5.74, 6) is -0.186. The van der Waals surface area contributed by atoms with Crippen LogP contribution in [0.5, 0.6) is 0 Å². The lowest BCUT2D eigenvalue weighted by Crippen LogP contribution is -2.03. The van der Waals surface area contributed by atoms with Crippen LogP contribution in [0.25, 0.3) is 5.57 Å². The molecule has 0 saturated carbocycles. The van der Waals surface area contributed by atoms with Crippen molar-refractivity contribution in [1.29, 1.82) is 0 Å². The number of allylic oxidation sites excluding steroid dienone is 1. The predicted molar refractivity (Wildman–Crippen MR) is 55.0 cm³/mol. The van der Waals surface area contributed by atoms with Crippen LogP contribution in [-0.2, 0) is 4.79 Å². The largest absolute Gasteiger partial charge is 0.393 e. The molecule has 2 N–H and O–H groups in total. The third-order valence-corrected chi connectivity index (χ3v) is 2.95. The summed E-state index contributed by atoms with van der Waals surface area (Å²) in [5.41, 5.74) is 6.26. The molecule has 72 valence electrons. The van der Waals surface area contributed by atoms with Gasteiger partial charge < -0.3 is 5.73 Å². The minimum atomic E-state index is -0.402. The zero-order valence-electron chi connectivity index (χ0n) is 7.29. The van der Waals surface area contributed by atoms with Crippen molar-refractivity contribution < 1.29 is 9.18 Å². The SMILES string of the molecule is NC1=C(c2ccccc2F)C(=O)CS1. The molecule has 0 bridgehead atoms. The molecule has 0 radical (unpaired) electrons. The molecule has 4 heteroatoms. The van der Waals surface area contributed by atoms with Crippen molar-refractivity contribution in [3.05, 3.63) is 40.7 Å². The van der Waals surface area contributed by atoms with Gasteiger partial charge in [0.2, 0.25) is 0 Å². The lowest BCUT2D eigenvalue weighted by Gasteiger charge is -2.02. The summed E-state index contributed by atoms with van der Waals surface area (Å²) in [5, 5.41) is 0.417. The van der Waals surface area contributed by atoms with Gasteiger partial charge in [0, 0.05) is 5.56 Å². The first-order valence-electron chi connectivity index (χ1n) is 4.11. The second-order valence-corrected chi connectivity index (χ2v) is 3.95. The molecule has 0 atom stereocenters. The summed E-state index contributed by atoms with van der Waals surface area (Å²) in [6.45, 7) is 0. The van der Waals surface area contributed by atoms with E-state index in [-0.39, 0.29) is 5.78 Å². The van der Waals surface area contributed by atoms with Crippen LogP contribution in [0.4, 0.5) is 4.39 Å². The average Bonchev–Trinajstić information content (AvgIpc) is 2.48. The fourth-order valence-electron chi connectivity index (χ4n) is 1.37. The monoisotopic (exact) mass is 209 g/mol. The van der Waals surface area contributed by atoms with Crippen LogP contribution in [-0.4, -0.2) is 11.5 Å². The first-order chi connectivity index (χ1) is 6.70. The predicted octanol–water partition coefficient (Wildman–Crippen LogP) is 1.77. The van der Waals surface area contributed by atoms with Crippen molar-refractivity contribution in [2.24, 2.45) is 5.73 Å². The molecular weight excluding hydrogens is 201 g/mol. The Morgan fingerprint density at radius 1 is 1.36 bits per heavy atom. The van der Waals surface area contributed by atoms with E-state index in [1.54, 1.807) is 18.2 Å². The molecule has 0 aliphatic carbocycles. The summed E-state index contributed by atoms with van der Waals surface area (Å²) in [7, 11) is 0. The van der Waals surface area contributed by atoms with Gasteiger partial charge in [-0.15, -0.1) is 11.8 Å². The Hall–Kier alpha value is -1.29. The fourth-order valence-corrected chi connectivity index (χ4v) is 2.17. The third kappa shape index (κ3) is 1.42. The Morgan fingerprint density at radius 3 is 2.64 bits per heavy atom. The molecule has 1 heterocycles. The Balaban J connectivity index is 2.55. The van der Waals surface area contributed by atoms with E-state index in [0.29, 0.717) is 21.9 Å².